The molecule has 0 spiro atoms. The summed E-state index contributed by atoms with van der Waals surface area (Å²) in [4.78, 5) is 6.16. The summed E-state index contributed by atoms with van der Waals surface area (Å²) in [6.07, 6.45) is 1.93. The molecule has 1 unspecified atom stereocenters. The van der Waals surface area contributed by atoms with Crippen LogP contribution in [-0.2, 0) is 0 Å². The minimum Gasteiger partial charge on any atom is -0.493 e. The van der Waals surface area contributed by atoms with Gasteiger partial charge in [-0.1, -0.05) is 11.6 Å². The van der Waals surface area contributed by atoms with E-state index in [1.54, 1.807) is 14.2 Å². The number of alkyl halides is 1. The first-order valence-corrected chi connectivity index (χ1v) is 5.27. The van der Waals surface area contributed by atoms with Gasteiger partial charge in [-0.25, -0.2) is 4.99 Å². The van der Waals surface area contributed by atoms with Crippen molar-refractivity contribution in [2.24, 2.45) is 4.99 Å². The van der Waals surface area contributed by atoms with Gasteiger partial charge >= 0.3 is 0 Å². The second-order valence-corrected chi connectivity index (χ2v) is 3.89. The van der Waals surface area contributed by atoms with Gasteiger partial charge in [-0.05, 0) is 6.07 Å². The maximum Gasteiger partial charge on any atom is 0.197 e. The minimum atomic E-state index is -0.370. The Balaban J connectivity index is 2.67. The smallest absolute Gasteiger partial charge is 0.197 e. The van der Waals surface area contributed by atoms with E-state index < -0.39 is 0 Å². The fourth-order valence-electron chi connectivity index (χ4n) is 1.59. The van der Waals surface area contributed by atoms with Gasteiger partial charge in [0, 0.05) is 24.5 Å². The zero-order valence-electron chi connectivity index (χ0n) is 9.40. The van der Waals surface area contributed by atoms with E-state index in [9.17, 15) is 0 Å². The summed E-state index contributed by atoms with van der Waals surface area (Å²) in [5.41, 5.74) is -0.370. The summed E-state index contributed by atoms with van der Waals surface area (Å²) in [5.74, 6) is 1.35. The van der Waals surface area contributed by atoms with Gasteiger partial charge in [0.15, 0.2) is 17.1 Å². The number of hydrogen-bond donors (Lipinski definition) is 0. The largest absolute Gasteiger partial charge is 0.493 e. The van der Waals surface area contributed by atoms with E-state index in [1.807, 2.05) is 30.3 Å². The highest BCUT2D eigenvalue weighted by Crippen LogP contribution is 2.22. The van der Waals surface area contributed by atoms with Crippen LogP contribution in [0, 0.1) is 0 Å². The summed E-state index contributed by atoms with van der Waals surface area (Å²) in [5, 5.41) is 1.79. The standard InChI is InChI=1S/C11H13ClN2O2/c1-14-6-7-4-9(15-2)10(16-3)5-8(7)13-11(14)12/h4-6,11H,1-3H3. The van der Waals surface area contributed by atoms with E-state index in [-0.39, 0.29) is 5.62 Å². The molecular formula is C11H13ClN2O2. The monoisotopic (exact) mass is 240 g/mol. The summed E-state index contributed by atoms with van der Waals surface area (Å²) in [7, 11) is 5.08. The molecule has 1 atom stereocenters. The number of ether oxygens (including phenoxy) is 2. The van der Waals surface area contributed by atoms with Crippen LogP contribution in [0.5, 0.6) is 11.5 Å². The fraction of sp³-hybridized carbons (Fsp3) is 0.364. The molecule has 0 aromatic heterocycles. The highest BCUT2D eigenvalue weighted by molar-refractivity contribution is 6.20. The Morgan fingerprint density at radius 1 is 1.25 bits per heavy atom. The molecule has 0 saturated carbocycles. The van der Waals surface area contributed by atoms with Crippen LogP contribution >= 0.6 is 11.6 Å². The number of hydrogen-bond acceptors (Lipinski definition) is 4. The first-order chi connectivity index (χ1) is 7.65. The normalized spacial score (nSPS) is 18.2. The van der Waals surface area contributed by atoms with Crippen molar-refractivity contribution in [3.8, 4) is 11.5 Å². The van der Waals surface area contributed by atoms with Crippen LogP contribution in [0.1, 0.15) is 0 Å². The summed E-state index contributed by atoms with van der Waals surface area (Å²) >= 11 is 6.02. The second-order valence-electron chi connectivity index (χ2n) is 3.50. The fourth-order valence-corrected chi connectivity index (χ4v) is 1.75. The van der Waals surface area contributed by atoms with Crippen LogP contribution in [0.3, 0.4) is 0 Å². The van der Waals surface area contributed by atoms with Crippen molar-refractivity contribution >= 4 is 17.8 Å². The molecule has 0 saturated heterocycles. The Labute approximate surface area is 98.7 Å². The predicted molar refractivity (Wildman–Crippen MR) is 62.2 cm³/mol. The van der Waals surface area contributed by atoms with Crippen molar-refractivity contribution in [2.75, 3.05) is 21.3 Å². The molecule has 0 N–H and O–H groups in total. The molecule has 0 bridgehead atoms. The summed E-state index contributed by atoms with van der Waals surface area (Å²) < 4.78 is 10.4. The van der Waals surface area contributed by atoms with Gasteiger partial charge in [0.1, 0.15) is 0 Å². The molecule has 1 aliphatic rings. The molecular weight excluding hydrogens is 228 g/mol. The van der Waals surface area contributed by atoms with E-state index in [1.165, 1.54) is 0 Å². The van der Waals surface area contributed by atoms with Gasteiger partial charge in [-0.15, -0.1) is 0 Å². The number of fused-ring (bicyclic) bond motifs is 1. The van der Waals surface area contributed by atoms with E-state index in [4.69, 9.17) is 21.1 Å². The van der Waals surface area contributed by atoms with E-state index in [0.717, 1.165) is 10.6 Å². The van der Waals surface area contributed by atoms with Crippen molar-refractivity contribution in [3.63, 3.8) is 0 Å². The first-order valence-electron chi connectivity index (χ1n) is 4.83. The lowest BCUT2D eigenvalue weighted by Gasteiger charge is -2.20. The Morgan fingerprint density at radius 3 is 2.50 bits per heavy atom. The van der Waals surface area contributed by atoms with Crippen molar-refractivity contribution in [1.82, 2.24) is 4.90 Å². The van der Waals surface area contributed by atoms with Crippen LogP contribution in [0.25, 0.3) is 6.20 Å². The molecule has 0 amide bonds. The zero-order valence-corrected chi connectivity index (χ0v) is 10.2. The number of nitrogens with zero attached hydrogens (tertiary/aromatic N) is 2. The van der Waals surface area contributed by atoms with Crippen LogP contribution in [0.4, 0.5) is 0 Å². The number of rotatable bonds is 2. The Kier molecular flexibility index (Phi) is 2.92. The molecule has 4 nitrogen and oxygen atoms in total. The lowest BCUT2D eigenvalue weighted by atomic mass is 10.2. The summed E-state index contributed by atoms with van der Waals surface area (Å²) in [6.45, 7) is 0. The lowest BCUT2D eigenvalue weighted by Crippen LogP contribution is -2.37. The van der Waals surface area contributed by atoms with Gasteiger partial charge < -0.3 is 14.4 Å². The maximum absolute atomic E-state index is 6.02. The molecule has 16 heavy (non-hydrogen) atoms. The molecule has 5 heteroatoms. The van der Waals surface area contributed by atoms with Crippen molar-refractivity contribution in [1.29, 1.82) is 0 Å². The molecule has 0 radical (unpaired) electrons. The van der Waals surface area contributed by atoms with Crippen LogP contribution in [0.2, 0.25) is 0 Å². The van der Waals surface area contributed by atoms with Crippen molar-refractivity contribution < 1.29 is 9.47 Å². The van der Waals surface area contributed by atoms with Gasteiger partial charge in [0.25, 0.3) is 0 Å². The molecule has 2 rings (SSSR count). The number of methoxy groups -OCH3 is 2. The predicted octanol–water partition coefficient (Wildman–Crippen LogP) is 0.529. The third kappa shape index (κ3) is 1.80. The van der Waals surface area contributed by atoms with Gasteiger partial charge in [0.05, 0.1) is 19.6 Å². The van der Waals surface area contributed by atoms with Crippen molar-refractivity contribution in [3.05, 3.63) is 22.7 Å². The van der Waals surface area contributed by atoms with Crippen LogP contribution < -0.4 is 20.0 Å². The van der Waals surface area contributed by atoms with E-state index in [2.05, 4.69) is 4.99 Å². The third-order valence-corrected chi connectivity index (χ3v) is 2.86. The van der Waals surface area contributed by atoms with Crippen molar-refractivity contribution in [2.45, 2.75) is 5.62 Å². The molecule has 1 aromatic rings. The lowest BCUT2D eigenvalue weighted by molar-refractivity contribution is 0.353. The average Bonchev–Trinajstić information content (AvgIpc) is 2.29. The molecule has 86 valence electrons. The van der Waals surface area contributed by atoms with E-state index >= 15 is 0 Å². The Hall–Kier alpha value is -1.42. The van der Waals surface area contributed by atoms with Gasteiger partial charge in [-0.3, -0.25) is 0 Å². The highest BCUT2D eigenvalue weighted by atomic mass is 35.5. The molecule has 1 aliphatic heterocycles. The number of halogens is 1. The van der Waals surface area contributed by atoms with Crippen LogP contribution in [-0.4, -0.2) is 31.8 Å². The Morgan fingerprint density at radius 2 is 1.88 bits per heavy atom. The highest BCUT2D eigenvalue weighted by Gasteiger charge is 2.12. The molecule has 0 aliphatic carbocycles. The zero-order chi connectivity index (χ0) is 11.7. The molecule has 1 aromatic carbocycles. The quantitative estimate of drug-likeness (QED) is 0.559. The van der Waals surface area contributed by atoms with Crippen LogP contribution in [0.15, 0.2) is 17.1 Å². The number of benzene rings is 1. The second kappa shape index (κ2) is 4.22. The molecule has 1 heterocycles. The average molecular weight is 241 g/mol. The first kappa shape index (κ1) is 11.1. The molecule has 0 fully saturated rings. The Bertz CT molecular complexity index is 468. The van der Waals surface area contributed by atoms with Gasteiger partial charge in [-0.2, -0.15) is 0 Å². The van der Waals surface area contributed by atoms with Gasteiger partial charge in [0.2, 0.25) is 0 Å². The summed E-state index contributed by atoms with van der Waals surface area (Å²) in [6, 6.07) is 3.71. The maximum atomic E-state index is 6.02. The third-order valence-electron chi connectivity index (χ3n) is 2.46. The minimum absolute atomic E-state index is 0.370. The SMILES string of the molecule is COc1cc2c(cc1OC)=NC(Cl)N(C)C=2. The van der Waals surface area contributed by atoms with E-state index in [0.29, 0.717) is 11.5 Å². The topological polar surface area (TPSA) is 34.1 Å².